The second-order valence-corrected chi connectivity index (χ2v) is 5.46. The zero-order valence-corrected chi connectivity index (χ0v) is 14.4. The van der Waals surface area contributed by atoms with Crippen molar-refractivity contribution in [1.82, 2.24) is 0 Å². The van der Waals surface area contributed by atoms with Crippen LogP contribution >= 0.6 is 0 Å². The third kappa shape index (κ3) is 3.40. The summed E-state index contributed by atoms with van der Waals surface area (Å²) >= 11 is 0. The number of aliphatic imine (C=N–C) groups is 1. The first-order chi connectivity index (χ1) is 12.2. The quantitative estimate of drug-likeness (QED) is 0.618. The Bertz CT molecular complexity index is 868. The predicted molar refractivity (Wildman–Crippen MR) is 96.0 cm³/mol. The molecule has 0 atom stereocenters. The standard InChI is InChI=1S/C20H19NO4/c1-4-14-11-13(9-10-17(14)23-2)12-16-20(22)25-19(21-16)15-7-5-6-8-18(15)24-3/h5-12H,4H2,1-3H3/b16-12+. The number of methoxy groups -OCH3 is 2. The minimum Gasteiger partial charge on any atom is -0.496 e. The van der Waals surface area contributed by atoms with Gasteiger partial charge in [-0.15, -0.1) is 0 Å². The Balaban J connectivity index is 1.96. The van der Waals surface area contributed by atoms with Crippen molar-refractivity contribution in [2.75, 3.05) is 14.2 Å². The van der Waals surface area contributed by atoms with Crippen LogP contribution in [0.5, 0.6) is 11.5 Å². The number of esters is 1. The Morgan fingerprint density at radius 2 is 1.84 bits per heavy atom. The molecule has 0 amide bonds. The lowest BCUT2D eigenvalue weighted by Gasteiger charge is -2.07. The summed E-state index contributed by atoms with van der Waals surface area (Å²) in [6.07, 6.45) is 2.55. The summed E-state index contributed by atoms with van der Waals surface area (Å²) in [5, 5.41) is 0. The van der Waals surface area contributed by atoms with Crippen LogP contribution in [0.1, 0.15) is 23.6 Å². The van der Waals surface area contributed by atoms with Crippen LogP contribution in [0.25, 0.3) is 6.08 Å². The van der Waals surface area contributed by atoms with Crippen LogP contribution in [0.2, 0.25) is 0 Å². The normalized spacial score (nSPS) is 15.1. The lowest BCUT2D eigenvalue weighted by atomic mass is 10.1. The van der Waals surface area contributed by atoms with Gasteiger partial charge < -0.3 is 14.2 Å². The molecule has 0 N–H and O–H groups in total. The largest absolute Gasteiger partial charge is 0.496 e. The van der Waals surface area contributed by atoms with Crippen LogP contribution in [-0.4, -0.2) is 26.1 Å². The Kier molecular flexibility index (Phi) is 4.84. The highest BCUT2D eigenvalue weighted by Gasteiger charge is 2.26. The van der Waals surface area contributed by atoms with Gasteiger partial charge in [0.25, 0.3) is 0 Å². The van der Waals surface area contributed by atoms with Gasteiger partial charge in [0, 0.05) is 0 Å². The van der Waals surface area contributed by atoms with E-state index in [2.05, 4.69) is 11.9 Å². The number of aryl methyl sites for hydroxylation is 1. The number of benzene rings is 2. The molecule has 2 aromatic rings. The third-order valence-electron chi connectivity index (χ3n) is 3.95. The van der Waals surface area contributed by atoms with Gasteiger partial charge in [0.05, 0.1) is 19.8 Å². The summed E-state index contributed by atoms with van der Waals surface area (Å²) < 4.78 is 15.9. The van der Waals surface area contributed by atoms with Crippen LogP contribution < -0.4 is 9.47 Å². The van der Waals surface area contributed by atoms with Crippen molar-refractivity contribution < 1.29 is 19.0 Å². The number of ether oxygens (including phenoxy) is 3. The fourth-order valence-corrected chi connectivity index (χ4v) is 2.67. The van der Waals surface area contributed by atoms with Crippen LogP contribution in [-0.2, 0) is 16.0 Å². The van der Waals surface area contributed by atoms with Crippen LogP contribution in [0.3, 0.4) is 0 Å². The maximum atomic E-state index is 12.2. The highest BCUT2D eigenvalue weighted by atomic mass is 16.6. The molecule has 0 fully saturated rings. The molecule has 0 saturated heterocycles. The molecule has 1 heterocycles. The molecule has 0 spiro atoms. The van der Waals surface area contributed by atoms with Gasteiger partial charge in [-0.2, -0.15) is 0 Å². The lowest BCUT2D eigenvalue weighted by molar-refractivity contribution is -0.129. The number of carbonyl (C=O) groups is 1. The van der Waals surface area contributed by atoms with Gasteiger partial charge in [0.15, 0.2) is 5.70 Å². The molecular formula is C20H19NO4. The zero-order chi connectivity index (χ0) is 17.8. The van der Waals surface area contributed by atoms with E-state index < -0.39 is 5.97 Å². The number of hydrogen-bond donors (Lipinski definition) is 0. The molecule has 0 unspecified atom stereocenters. The van der Waals surface area contributed by atoms with Gasteiger partial charge in [0.2, 0.25) is 5.90 Å². The van der Waals surface area contributed by atoms with Gasteiger partial charge in [-0.1, -0.05) is 25.1 Å². The van der Waals surface area contributed by atoms with E-state index in [0.29, 0.717) is 11.3 Å². The first kappa shape index (κ1) is 16.8. The molecule has 0 radical (unpaired) electrons. The Morgan fingerprint density at radius 1 is 1.08 bits per heavy atom. The monoisotopic (exact) mass is 337 g/mol. The van der Waals surface area contributed by atoms with Gasteiger partial charge in [0.1, 0.15) is 11.5 Å². The van der Waals surface area contributed by atoms with E-state index in [4.69, 9.17) is 14.2 Å². The van der Waals surface area contributed by atoms with Crippen molar-refractivity contribution in [3.05, 3.63) is 64.9 Å². The average Bonchev–Trinajstić information content (AvgIpc) is 3.01. The van der Waals surface area contributed by atoms with Gasteiger partial charge in [-0.05, 0) is 47.9 Å². The second-order valence-electron chi connectivity index (χ2n) is 5.46. The van der Waals surface area contributed by atoms with Crippen LogP contribution in [0, 0.1) is 0 Å². The minimum absolute atomic E-state index is 0.248. The van der Waals surface area contributed by atoms with E-state index in [1.807, 2.05) is 30.3 Å². The first-order valence-electron chi connectivity index (χ1n) is 7.99. The molecule has 5 heteroatoms. The number of carbonyl (C=O) groups excluding carboxylic acids is 1. The highest BCUT2D eigenvalue weighted by Crippen LogP contribution is 2.26. The molecule has 0 saturated carbocycles. The molecule has 2 aromatic carbocycles. The third-order valence-corrected chi connectivity index (χ3v) is 3.95. The van der Waals surface area contributed by atoms with Gasteiger partial charge in [-0.3, -0.25) is 0 Å². The lowest BCUT2D eigenvalue weighted by Crippen LogP contribution is -2.06. The fraction of sp³-hybridized carbons (Fsp3) is 0.200. The van der Waals surface area contributed by atoms with Crippen molar-refractivity contribution >= 4 is 17.9 Å². The Labute approximate surface area is 146 Å². The fourth-order valence-electron chi connectivity index (χ4n) is 2.67. The summed E-state index contributed by atoms with van der Waals surface area (Å²) in [7, 11) is 3.21. The predicted octanol–water partition coefficient (Wildman–Crippen LogP) is 3.61. The van der Waals surface area contributed by atoms with E-state index in [1.165, 1.54) is 0 Å². The molecule has 5 nitrogen and oxygen atoms in total. The number of nitrogens with zero attached hydrogens (tertiary/aromatic N) is 1. The molecule has 0 aromatic heterocycles. The maximum absolute atomic E-state index is 12.2. The number of para-hydroxylation sites is 1. The summed E-state index contributed by atoms with van der Waals surface area (Å²) in [4.78, 5) is 16.5. The summed E-state index contributed by atoms with van der Waals surface area (Å²) in [5.41, 5.74) is 2.84. The number of rotatable bonds is 5. The molecule has 128 valence electrons. The van der Waals surface area contributed by atoms with Gasteiger partial charge in [-0.25, -0.2) is 9.79 Å². The Morgan fingerprint density at radius 3 is 2.56 bits per heavy atom. The van der Waals surface area contributed by atoms with E-state index >= 15 is 0 Å². The SMILES string of the molecule is CCc1cc(/C=C2/N=C(c3ccccc3OC)OC2=O)ccc1OC. The highest BCUT2D eigenvalue weighted by molar-refractivity contribution is 6.13. The minimum atomic E-state index is -0.477. The van der Waals surface area contributed by atoms with E-state index in [1.54, 1.807) is 32.4 Å². The number of cyclic esters (lactones) is 1. The van der Waals surface area contributed by atoms with Crippen molar-refractivity contribution in [3.63, 3.8) is 0 Å². The molecule has 3 rings (SSSR count). The molecular weight excluding hydrogens is 318 g/mol. The second kappa shape index (κ2) is 7.21. The zero-order valence-electron chi connectivity index (χ0n) is 14.4. The first-order valence-corrected chi connectivity index (χ1v) is 7.99. The van der Waals surface area contributed by atoms with E-state index in [-0.39, 0.29) is 11.6 Å². The van der Waals surface area contributed by atoms with Crippen LogP contribution in [0.15, 0.2) is 53.2 Å². The summed E-state index contributed by atoms with van der Waals surface area (Å²) in [5.74, 6) is 1.21. The maximum Gasteiger partial charge on any atom is 0.363 e. The topological polar surface area (TPSA) is 57.1 Å². The van der Waals surface area contributed by atoms with E-state index in [0.717, 1.165) is 23.3 Å². The molecule has 0 bridgehead atoms. The van der Waals surface area contributed by atoms with Crippen molar-refractivity contribution in [2.45, 2.75) is 13.3 Å². The molecule has 1 aliphatic heterocycles. The molecule has 25 heavy (non-hydrogen) atoms. The van der Waals surface area contributed by atoms with Gasteiger partial charge >= 0.3 is 5.97 Å². The summed E-state index contributed by atoms with van der Waals surface area (Å²) in [6.45, 7) is 2.05. The molecule has 1 aliphatic rings. The van der Waals surface area contributed by atoms with Crippen molar-refractivity contribution in [1.29, 1.82) is 0 Å². The smallest absolute Gasteiger partial charge is 0.363 e. The van der Waals surface area contributed by atoms with Crippen molar-refractivity contribution in [3.8, 4) is 11.5 Å². The van der Waals surface area contributed by atoms with E-state index in [9.17, 15) is 4.79 Å². The molecule has 0 aliphatic carbocycles. The number of hydrogen-bond acceptors (Lipinski definition) is 5. The Hall–Kier alpha value is -3.08. The van der Waals surface area contributed by atoms with Crippen molar-refractivity contribution in [2.24, 2.45) is 4.99 Å². The average molecular weight is 337 g/mol. The summed E-state index contributed by atoms with van der Waals surface area (Å²) in [6, 6.07) is 13.0. The van der Waals surface area contributed by atoms with Crippen LogP contribution in [0.4, 0.5) is 0 Å².